The first-order valence-electron chi connectivity index (χ1n) is 6.76. The van der Waals surface area contributed by atoms with Gasteiger partial charge in [-0.3, -0.25) is 19.9 Å². The standard InChI is InChI=1S/C14H11F3N6O/c1-23-10(11(16)17)8(6-18-23)13(24)20-14-19-12(21-22-14)7-4-2-3-5-9(7)15/h2-6,11H,1H3,(H2,19,20,21,22,24). The van der Waals surface area contributed by atoms with Gasteiger partial charge in [0.15, 0.2) is 5.82 Å². The molecule has 0 fully saturated rings. The topological polar surface area (TPSA) is 88.5 Å². The van der Waals surface area contributed by atoms with E-state index in [1.807, 2.05) is 0 Å². The van der Waals surface area contributed by atoms with Crippen molar-refractivity contribution in [3.05, 3.63) is 47.5 Å². The first-order valence-corrected chi connectivity index (χ1v) is 6.76. The maximum Gasteiger partial charge on any atom is 0.280 e. The van der Waals surface area contributed by atoms with Crippen LogP contribution < -0.4 is 5.32 Å². The van der Waals surface area contributed by atoms with Crippen molar-refractivity contribution < 1.29 is 18.0 Å². The molecule has 0 aliphatic carbocycles. The molecule has 0 saturated carbocycles. The summed E-state index contributed by atoms with van der Waals surface area (Å²) in [5.74, 6) is -1.41. The summed E-state index contributed by atoms with van der Waals surface area (Å²) >= 11 is 0. The molecule has 10 heteroatoms. The number of anilines is 1. The predicted molar refractivity (Wildman–Crippen MR) is 77.9 cm³/mol. The molecule has 2 aromatic heterocycles. The van der Waals surface area contributed by atoms with E-state index in [9.17, 15) is 18.0 Å². The van der Waals surface area contributed by atoms with Gasteiger partial charge in [-0.15, -0.1) is 5.10 Å². The van der Waals surface area contributed by atoms with Gasteiger partial charge in [-0.05, 0) is 12.1 Å². The molecule has 1 aromatic carbocycles. The third-order valence-corrected chi connectivity index (χ3v) is 3.28. The highest BCUT2D eigenvalue weighted by Gasteiger charge is 2.24. The fourth-order valence-corrected chi connectivity index (χ4v) is 2.14. The molecular weight excluding hydrogens is 325 g/mol. The van der Waals surface area contributed by atoms with Crippen molar-refractivity contribution in [3.63, 3.8) is 0 Å². The van der Waals surface area contributed by atoms with Crippen molar-refractivity contribution in [1.82, 2.24) is 25.0 Å². The van der Waals surface area contributed by atoms with Crippen molar-refractivity contribution in [3.8, 4) is 11.4 Å². The lowest BCUT2D eigenvalue weighted by molar-refractivity contribution is 0.100. The molecule has 0 aliphatic heterocycles. The van der Waals surface area contributed by atoms with Crippen molar-refractivity contribution in [2.24, 2.45) is 7.05 Å². The Kier molecular flexibility index (Phi) is 4.02. The van der Waals surface area contributed by atoms with Gasteiger partial charge in [-0.1, -0.05) is 12.1 Å². The van der Waals surface area contributed by atoms with Gasteiger partial charge in [0.25, 0.3) is 12.3 Å². The van der Waals surface area contributed by atoms with E-state index in [1.165, 1.54) is 25.2 Å². The Bertz CT molecular complexity index is 888. The van der Waals surface area contributed by atoms with Gasteiger partial charge >= 0.3 is 0 Å². The van der Waals surface area contributed by atoms with E-state index < -0.39 is 23.8 Å². The Morgan fingerprint density at radius 3 is 2.79 bits per heavy atom. The van der Waals surface area contributed by atoms with Crippen LogP contribution in [0, 0.1) is 5.82 Å². The van der Waals surface area contributed by atoms with E-state index in [2.05, 4.69) is 25.6 Å². The third-order valence-electron chi connectivity index (χ3n) is 3.28. The van der Waals surface area contributed by atoms with Crippen LogP contribution in [0.4, 0.5) is 19.1 Å². The summed E-state index contributed by atoms with van der Waals surface area (Å²) in [6.45, 7) is 0. The molecule has 0 radical (unpaired) electrons. The van der Waals surface area contributed by atoms with Crippen LogP contribution in [0.25, 0.3) is 11.4 Å². The highest BCUT2D eigenvalue weighted by molar-refractivity contribution is 6.04. The number of aromatic nitrogens is 5. The van der Waals surface area contributed by atoms with Crippen LogP contribution >= 0.6 is 0 Å². The highest BCUT2D eigenvalue weighted by Crippen LogP contribution is 2.23. The second-order valence-corrected chi connectivity index (χ2v) is 4.81. The van der Waals surface area contributed by atoms with E-state index in [4.69, 9.17) is 0 Å². The largest absolute Gasteiger partial charge is 0.289 e. The normalized spacial score (nSPS) is 11.0. The number of alkyl halides is 2. The van der Waals surface area contributed by atoms with Crippen LogP contribution in [0.2, 0.25) is 0 Å². The number of carbonyl (C=O) groups is 1. The monoisotopic (exact) mass is 336 g/mol. The molecule has 24 heavy (non-hydrogen) atoms. The zero-order valence-corrected chi connectivity index (χ0v) is 12.3. The Morgan fingerprint density at radius 2 is 2.08 bits per heavy atom. The first kappa shape index (κ1) is 15.7. The summed E-state index contributed by atoms with van der Waals surface area (Å²) in [4.78, 5) is 16.0. The van der Waals surface area contributed by atoms with Crippen molar-refractivity contribution in [1.29, 1.82) is 0 Å². The summed E-state index contributed by atoms with van der Waals surface area (Å²) in [6, 6.07) is 5.87. The molecule has 1 amide bonds. The quantitative estimate of drug-likeness (QED) is 0.766. The fourth-order valence-electron chi connectivity index (χ4n) is 2.14. The van der Waals surface area contributed by atoms with Crippen molar-refractivity contribution >= 4 is 11.9 Å². The molecule has 0 spiro atoms. The van der Waals surface area contributed by atoms with E-state index in [1.54, 1.807) is 6.07 Å². The number of nitrogens with one attached hydrogen (secondary N) is 2. The van der Waals surface area contributed by atoms with E-state index in [-0.39, 0.29) is 22.9 Å². The number of hydrogen-bond acceptors (Lipinski definition) is 4. The first-order chi connectivity index (χ1) is 11.5. The SMILES string of the molecule is Cn1ncc(C(=O)Nc2n[nH]c(-c3ccccc3F)n2)c1C(F)F. The molecule has 0 bridgehead atoms. The summed E-state index contributed by atoms with van der Waals surface area (Å²) in [5.41, 5.74) is -0.637. The lowest BCUT2D eigenvalue weighted by Crippen LogP contribution is -2.15. The molecule has 0 unspecified atom stereocenters. The Balaban J connectivity index is 1.83. The smallest absolute Gasteiger partial charge is 0.280 e. The summed E-state index contributed by atoms with van der Waals surface area (Å²) in [6.07, 6.45) is -1.83. The molecule has 124 valence electrons. The highest BCUT2D eigenvalue weighted by atomic mass is 19.3. The van der Waals surface area contributed by atoms with Crippen molar-refractivity contribution in [2.75, 3.05) is 5.32 Å². The number of halogens is 3. The molecule has 0 saturated heterocycles. The number of H-pyrrole nitrogens is 1. The second-order valence-electron chi connectivity index (χ2n) is 4.81. The van der Waals surface area contributed by atoms with Crippen LogP contribution in [0.15, 0.2) is 30.5 Å². The van der Waals surface area contributed by atoms with Crippen LogP contribution in [0.5, 0.6) is 0 Å². The summed E-state index contributed by atoms with van der Waals surface area (Å²) in [7, 11) is 1.31. The number of hydrogen-bond donors (Lipinski definition) is 2. The minimum Gasteiger partial charge on any atom is -0.289 e. The lowest BCUT2D eigenvalue weighted by atomic mass is 10.2. The van der Waals surface area contributed by atoms with Crippen LogP contribution in [0.3, 0.4) is 0 Å². The average Bonchev–Trinajstić information content (AvgIpc) is 3.14. The minimum absolute atomic E-state index is 0.101. The number of benzene rings is 1. The number of rotatable bonds is 4. The zero-order chi connectivity index (χ0) is 17.3. The lowest BCUT2D eigenvalue weighted by Gasteiger charge is -2.04. The van der Waals surface area contributed by atoms with Crippen LogP contribution in [-0.4, -0.2) is 30.9 Å². The van der Waals surface area contributed by atoms with Gasteiger partial charge in [0.05, 0.1) is 17.3 Å². The number of aryl methyl sites for hydroxylation is 1. The number of nitrogens with zero attached hydrogens (tertiary/aromatic N) is 4. The molecule has 3 rings (SSSR count). The molecule has 0 atom stereocenters. The van der Waals surface area contributed by atoms with E-state index in [0.717, 1.165) is 10.9 Å². The number of aromatic amines is 1. The number of amides is 1. The maximum atomic E-state index is 13.7. The van der Waals surface area contributed by atoms with Gasteiger partial charge in [0, 0.05) is 7.05 Å². The Morgan fingerprint density at radius 1 is 1.33 bits per heavy atom. The molecular formula is C14H11F3N6O. The minimum atomic E-state index is -2.86. The molecule has 2 heterocycles. The third kappa shape index (κ3) is 2.85. The average molecular weight is 336 g/mol. The Hall–Kier alpha value is -3.17. The Labute approximate surface area is 133 Å². The van der Waals surface area contributed by atoms with Gasteiger partial charge < -0.3 is 0 Å². The van der Waals surface area contributed by atoms with Crippen LogP contribution in [-0.2, 0) is 7.05 Å². The molecule has 7 nitrogen and oxygen atoms in total. The molecule has 3 aromatic rings. The van der Waals surface area contributed by atoms with E-state index in [0.29, 0.717) is 0 Å². The summed E-state index contributed by atoms with van der Waals surface area (Å²) in [5, 5.41) is 12.1. The van der Waals surface area contributed by atoms with E-state index >= 15 is 0 Å². The van der Waals surface area contributed by atoms with Gasteiger partial charge in [0.1, 0.15) is 11.5 Å². The molecule has 2 N–H and O–H groups in total. The molecule has 0 aliphatic rings. The number of carbonyl (C=O) groups excluding carboxylic acids is 1. The predicted octanol–water partition coefficient (Wildman–Crippen LogP) is 2.53. The summed E-state index contributed by atoms with van der Waals surface area (Å²) < 4.78 is 40.5. The van der Waals surface area contributed by atoms with Gasteiger partial charge in [-0.25, -0.2) is 13.2 Å². The zero-order valence-electron chi connectivity index (χ0n) is 12.3. The van der Waals surface area contributed by atoms with Crippen LogP contribution in [0.1, 0.15) is 22.5 Å². The van der Waals surface area contributed by atoms with Gasteiger partial charge in [0.2, 0.25) is 5.95 Å². The second kappa shape index (κ2) is 6.14. The van der Waals surface area contributed by atoms with Gasteiger partial charge in [-0.2, -0.15) is 10.1 Å². The fraction of sp³-hybridized carbons (Fsp3) is 0.143. The van der Waals surface area contributed by atoms with Crippen molar-refractivity contribution in [2.45, 2.75) is 6.43 Å². The maximum absolute atomic E-state index is 13.7.